The first-order chi connectivity index (χ1) is 34.6. The molecule has 19 nitrogen and oxygen atoms in total. The number of nitrogens with zero attached hydrogens (tertiary/aromatic N) is 8. The van der Waals surface area contributed by atoms with Crippen LogP contribution < -0.4 is 27.8 Å². The van der Waals surface area contributed by atoms with Gasteiger partial charge in [0.2, 0.25) is 5.82 Å². The molecule has 370 valence electrons. The molecule has 0 bridgehead atoms. The first-order valence-electron chi connectivity index (χ1n) is 20.2. The van der Waals surface area contributed by atoms with Crippen molar-refractivity contribution in [1.82, 2.24) is 29.5 Å². The number of nitriles is 1. The minimum atomic E-state index is -1.03. The SMILES string of the molecule is CC#N.CO.Nc1cc(F)ccc1Nc1ccncc1.Nc1ccncc1.O=[N+]([O-])c1cc(F)ccc1F.O=[N+]([O-])c1cc(F)ccc1Nc1ccncc1.O=c1[nH]c2cc(F)ccc2n1-c1ccncc1. The van der Waals surface area contributed by atoms with Gasteiger partial charge in [0.25, 0.3) is 5.69 Å². The number of imidazole rings is 1. The Balaban J connectivity index is 0.000000238. The van der Waals surface area contributed by atoms with E-state index >= 15 is 0 Å². The third kappa shape index (κ3) is 18.5. The molecule has 9 rings (SSSR count). The van der Waals surface area contributed by atoms with E-state index in [-0.39, 0.29) is 28.7 Å². The van der Waals surface area contributed by atoms with E-state index in [0.29, 0.717) is 45.9 Å². The smallest absolute Gasteiger partial charge is 0.331 e. The molecule has 0 unspecified atom stereocenters. The van der Waals surface area contributed by atoms with Crippen LogP contribution in [0.25, 0.3) is 16.7 Å². The van der Waals surface area contributed by atoms with Crippen molar-refractivity contribution in [2.45, 2.75) is 6.92 Å². The van der Waals surface area contributed by atoms with Gasteiger partial charge in [0.1, 0.15) is 29.0 Å². The van der Waals surface area contributed by atoms with Gasteiger partial charge in [0, 0.05) is 80.7 Å². The summed E-state index contributed by atoms with van der Waals surface area (Å²) in [5.41, 5.74) is 14.9. The highest BCUT2D eigenvalue weighted by atomic mass is 19.1. The van der Waals surface area contributed by atoms with Crippen molar-refractivity contribution < 1.29 is 36.9 Å². The number of aliphatic hydroxyl groups is 1. The fraction of sp³-hybridized carbons (Fsp3) is 0.0417. The van der Waals surface area contributed by atoms with E-state index in [1.54, 1.807) is 104 Å². The summed E-state index contributed by atoms with van der Waals surface area (Å²) in [6.45, 7) is 1.43. The number of nitro benzene ring substituents is 2. The van der Waals surface area contributed by atoms with Gasteiger partial charge in [-0.25, -0.2) is 22.4 Å². The van der Waals surface area contributed by atoms with Gasteiger partial charge >= 0.3 is 11.4 Å². The monoisotopic (exact) mass is 991 g/mol. The predicted molar refractivity (Wildman–Crippen MR) is 262 cm³/mol. The number of nitro groups is 2. The van der Waals surface area contributed by atoms with Crippen LogP contribution >= 0.6 is 0 Å². The van der Waals surface area contributed by atoms with Crippen LogP contribution in [0.15, 0.2) is 176 Å². The average Bonchev–Trinajstić information content (AvgIpc) is 3.71. The summed E-state index contributed by atoms with van der Waals surface area (Å²) in [4.78, 5) is 48.9. The molecule has 24 heteroatoms. The number of nitrogens with one attached hydrogen (secondary N) is 3. The molecule has 72 heavy (non-hydrogen) atoms. The molecule has 8 N–H and O–H groups in total. The van der Waals surface area contributed by atoms with Crippen molar-refractivity contribution in [1.29, 1.82) is 5.26 Å². The molecule has 5 heterocycles. The van der Waals surface area contributed by atoms with Crippen LogP contribution in [0.5, 0.6) is 0 Å². The molecule has 0 saturated heterocycles. The Morgan fingerprint density at radius 3 is 1.46 bits per heavy atom. The number of nitrogens with two attached hydrogens (primary N) is 2. The number of nitrogen functional groups attached to an aromatic ring is 2. The lowest BCUT2D eigenvalue weighted by Gasteiger charge is -2.08. The van der Waals surface area contributed by atoms with Crippen molar-refractivity contribution in [3.05, 3.63) is 231 Å². The van der Waals surface area contributed by atoms with Crippen LogP contribution in [0.2, 0.25) is 0 Å². The Hall–Kier alpha value is -10.2. The van der Waals surface area contributed by atoms with E-state index in [2.05, 4.69) is 35.6 Å². The van der Waals surface area contributed by atoms with Crippen LogP contribution in [0.4, 0.5) is 67.5 Å². The molecule has 9 aromatic rings. The second-order valence-electron chi connectivity index (χ2n) is 13.4. The van der Waals surface area contributed by atoms with Crippen molar-refractivity contribution in [2.24, 2.45) is 0 Å². The first kappa shape index (κ1) is 56.2. The Kier molecular flexibility index (Phi) is 23.1. The van der Waals surface area contributed by atoms with Gasteiger partial charge in [-0.15, -0.1) is 0 Å². The Labute approximate surface area is 405 Å². The number of anilines is 6. The normalized spacial score (nSPS) is 9.49. The third-order valence-corrected chi connectivity index (χ3v) is 8.46. The van der Waals surface area contributed by atoms with E-state index in [4.69, 9.17) is 21.8 Å². The number of aromatic amines is 1. The zero-order chi connectivity index (χ0) is 53.0. The highest BCUT2D eigenvalue weighted by Crippen LogP contribution is 2.28. The third-order valence-electron chi connectivity index (χ3n) is 8.46. The van der Waals surface area contributed by atoms with Gasteiger partial charge in [0.05, 0.1) is 56.1 Å². The number of H-pyrrole nitrogens is 1. The number of aliphatic hydroxyl groups excluding tert-OH is 1. The number of halogens is 5. The van der Waals surface area contributed by atoms with Crippen molar-refractivity contribution in [2.75, 3.05) is 29.2 Å². The Morgan fingerprint density at radius 2 is 1.00 bits per heavy atom. The van der Waals surface area contributed by atoms with Gasteiger partial charge < -0.3 is 32.2 Å². The predicted octanol–water partition coefficient (Wildman–Crippen LogP) is 9.95. The Bertz CT molecular complexity index is 3210. The number of pyridine rings is 4. The second kappa shape index (κ2) is 29.6. The van der Waals surface area contributed by atoms with Gasteiger partial charge in [-0.2, -0.15) is 9.65 Å². The van der Waals surface area contributed by atoms with Gasteiger partial charge in [-0.3, -0.25) is 44.7 Å². The lowest BCUT2D eigenvalue weighted by molar-refractivity contribution is -0.387. The lowest BCUT2D eigenvalue weighted by atomic mass is 10.2. The number of benzene rings is 4. The van der Waals surface area contributed by atoms with Crippen molar-refractivity contribution in [3.8, 4) is 11.8 Å². The first-order valence-corrected chi connectivity index (χ1v) is 20.2. The molecule has 0 amide bonds. The van der Waals surface area contributed by atoms with E-state index in [9.17, 15) is 47.0 Å². The standard InChI is InChI=1S/C12H8FN3O.C11H8FN3O2.C11H10FN3.C6H3F2NO2.C5H6N2.C2H3N.CH4O/c13-8-1-2-11-10(7-8)15-12(17)16(11)9-3-5-14-6-4-9;12-8-1-2-10(11(7-8)15(16)17)14-9-3-5-13-6-4-9;12-8-1-2-11(10(13)7-8)15-9-3-5-14-6-4-9;7-4-1-2-5(8)6(3-4)9(10)11;6-5-1-3-7-4-2-5;1-2-3;1-2/h1-7H,(H,15,17);1-7H,(H,13,14);1-7H,13H2,(H,14,15);1-3H;1-4H,(H2,6,7);1H3;2H,1H3. The fourth-order valence-electron chi connectivity index (χ4n) is 5.41. The number of hydrogen-bond acceptors (Lipinski definition) is 15. The maximum atomic E-state index is 13.0. The van der Waals surface area contributed by atoms with Crippen molar-refractivity contribution in [3.63, 3.8) is 0 Å². The Morgan fingerprint density at radius 1 is 0.597 bits per heavy atom. The van der Waals surface area contributed by atoms with Crippen LogP contribution in [0.3, 0.4) is 0 Å². The zero-order valence-electron chi connectivity index (χ0n) is 37.8. The summed E-state index contributed by atoms with van der Waals surface area (Å²) >= 11 is 0. The molecule has 0 fully saturated rings. The van der Waals surface area contributed by atoms with Crippen molar-refractivity contribution >= 4 is 56.5 Å². The van der Waals surface area contributed by atoms with Gasteiger partial charge in [-0.1, -0.05) is 0 Å². The largest absolute Gasteiger partial charge is 0.400 e. The molecule has 0 saturated carbocycles. The number of aromatic nitrogens is 6. The lowest BCUT2D eigenvalue weighted by Crippen LogP contribution is -2.14. The topological polar surface area (TPSA) is 296 Å². The molecular formula is C48H42F5N13O6. The van der Waals surface area contributed by atoms with Crippen LogP contribution in [-0.2, 0) is 0 Å². The highest BCUT2D eigenvalue weighted by molar-refractivity contribution is 5.77. The summed E-state index contributed by atoms with van der Waals surface area (Å²) in [6, 6.07) is 29.5. The molecule has 0 aliphatic rings. The quantitative estimate of drug-likeness (QED) is 0.0375. The van der Waals surface area contributed by atoms with Crippen LogP contribution in [0.1, 0.15) is 6.92 Å². The summed E-state index contributed by atoms with van der Waals surface area (Å²) in [5.74, 6) is -3.21. The summed E-state index contributed by atoms with van der Waals surface area (Å²) < 4.78 is 64.8. The van der Waals surface area contributed by atoms with Crippen LogP contribution in [-0.4, -0.2) is 51.5 Å². The minimum absolute atomic E-state index is 0.239. The minimum Gasteiger partial charge on any atom is -0.400 e. The van der Waals surface area contributed by atoms with E-state index in [0.717, 1.165) is 36.7 Å². The average molecular weight is 992 g/mol. The van der Waals surface area contributed by atoms with Gasteiger partial charge in [0.15, 0.2) is 0 Å². The zero-order valence-corrected chi connectivity index (χ0v) is 37.8. The molecule has 5 aromatic heterocycles. The summed E-state index contributed by atoms with van der Waals surface area (Å²) in [5, 5.41) is 40.9. The number of fused-ring (bicyclic) bond motifs is 1. The van der Waals surface area contributed by atoms with E-state index < -0.39 is 33.0 Å². The number of hydrogen-bond donors (Lipinski definition) is 6. The van der Waals surface area contributed by atoms with E-state index in [1.165, 1.54) is 41.8 Å². The molecule has 0 aliphatic carbocycles. The van der Waals surface area contributed by atoms with E-state index in [1.807, 2.05) is 12.1 Å². The maximum absolute atomic E-state index is 13.0. The molecule has 0 atom stereocenters. The molecule has 0 spiro atoms. The van der Waals surface area contributed by atoms with Crippen LogP contribution in [0, 0.1) is 60.6 Å². The molecular weight excluding hydrogens is 950 g/mol. The summed E-state index contributed by atoms with van der Waals surface area (Å²) in [7, 11) is 1.00. The molecule has 0 radical (unpaired) electrons. The maximum Gasteiger partial charge on any atom is 0.331 e. The molecule has 4 aromatic carbocycles. The number of rotatable bonds is 7. The summed E-state index contributed by atoms with van der Waals surface area (Å²) in [6.07, 6.45) is 13.0. The second-order valence-corrected chi connectivity index (χ2v) is 13.4. The fourth-order valence-corrected chi connectivity index (χ4v) is 5.41. The van der Waals surface area contributed by atoms with Gasteiger partial charge in [-0.05, 0) is 109 Å². The highest BCUT2D eigenvalue weighted by Gasteiger charge is 2.15. The molecule has 0 aliphatic heterocycles.